The minimum absolute atomic E-state index is 0.0992. The maximum absolute atomic E-state index is 10.1. The third-order valence-corrected chi connectivity index (χ3v) is 2.00. The summed E-state index contributed by atoms with van der Waals surface area (Å²) in [5.74, 6) is 6.21. The highest BCUT2D eigenvalue weighted by Gasteiger charge is 1.89. The Morgan fingerprint density at radius 3 is 2.08 bits per heavy atom. The fraction of sp³-hybridized carbons (Fsp3) is 0.833. The van der Waals surface area contributed by atoms with Gasteiger partial charge in [0.15, 0.2) is 0 Å². The molecule has 1 radical (unpaired) electrons. The van der Waals surface area contributed by atoms with E-state index in [0.717, 1.165) is 25.7 Å². The average molecular weight is 181 g/mol. The van der Waals surface area contributed by atoms with E-state index in [2.05, 4.69) is 18.8 Å². The van der Waals surface area contributed by atoms with Gasteiger partial charge < -0.3 is 0 Å². The lowest BCUT2D eigenvalue weighted by Crippen LogP contribution is -1.82. The molecule has 0 unspecified atom stereocenters. The molecule has 0 fully saturated rings. The van der Waals surface area contributed by atoms with Gasteiger partial charge in [0, 0.05) is 12.8 Å². The van der Waals surface area contributed by atoms with Gasteiger partial charge in [-0.3, -0.25) is 0 Å². The van der Waals surface area contributed by atoms with E-state index in [9.17, 15) is 5.11 Å². The van der Waals surface area contributed by atoms with Gasteiger partial charge in [0.1, 0.15) is 0 Å². The minimum Gasteiger partial charge on any atom is -0.237 e. The van der Waals surface area contributed by atoms with Crippen LogP contribution in [0.3, 0.4) is 0 Å². The van der Waals surface area contributed by atoms with Gasteiger partial charge in [-0.05, 0) is 12.8 Å². The number of unbranched alkanes of at least 4 members (excludes halogenated alkanes) is 6. The van der Waals surface area contributed by atoms with Crippen molar-refractivity contribution < 1.29 is 5.11 Å². The molecule has 0 spiro atoms. The van der Waals surface area contributed by atoms with Gasteiger partial charge >= 0.3 is 0 Å². The van der Waals surface area contributed by atoms with Gasteiger partial charge in [-0.2, -0.15) is 0 Å². The predicted octanol–water partition coefficient (Wildman–Crippen LogP) is 3.56. The fourth-order valence-electron chi connectivity index (χ4n) is 1.24. The Morgan fingerprint density at radius 1 is 0.846 bits per heavy atom. The monoisotopic (exact) mass is 181 g/mol. The average Bonchev–Trinajstić information content (AvgIpc) is 2.16. The second kappa shape index (κ2) is 11.5. The van der Waals surface area contributed by atoms with E-state index < -0.39 is 0 Å². The summed E-state index contributed by atoms with van der Waals surface area (Å²) in [5.41, 5.74) is 0. The van der Waals surface area contributed by atoms with Gasteiger partial charge in [-0.25, -0.2) is 5.11 Å². The Labute approximate surface area is 82.5 Å². The van der Waals surface area contributed by atoms with Crippen LogP contribution in [0.4, 0.5) is 0 Å². The molecule has 0 bridgehead atoms. The Bertz CT molecular complexity index is 141. The lowest BCUT2D eigenvalue weighted by Gasteiger charge is -1.97. The maximum Gasteiger partial charge on any atom is 0.0822 e. The summed E-state index contributed by atoms with van der Waals surface area (Å²) in [6, 6.07) is 0. The first-order valence-electron chi connectivity index (χ1n) is 5.45. The quantitative estimate of drug-likeness (QED) is 0.423. The fourth-order valence-corrected chi connectivity index (χ4v) is 1.24. The first kappa shape index (κ1) is 12.5. The molecule has 0 aliphatic heterocycles. The zero-order valence-electron chi connectivity index (χ0n) is 8.77. The van der Waals surface area contributed by atoms with Gasteiger partial charge in [-0.15, -0.1) is 11.8 Å². The molecule has 1 heteroatoms. The summed E-state index contributed by atoms with van der Waals surface area (Å²) >= 11 is 0. The SMILES string of the molecule is CCC#CCCCCCCCC[O]. The van der Waals surface area contributed by atoms with Gasteiger partial charge in [0.2, 0.25) is 0 Å². The van der Waals surface area contributed by atoms with Crippen molar-refractivity contribution in [1.82, 2.24) is 0 Å². The van der Waals surface area contributed by atoms with E-state index in [1.807, 2.05) is 0 Å². The zero-order valence-corrected chi connectivity index (χ0v) is 8.77. The van der Waals surface area contributed by atoms with E-state index in [1.165, 1.54) is 25.7 Å². The van der Waals surface area contributed by atoms with Crippen LogP contribution in [-0.2, 0) is 5.11 Å². The summed E-state index contributed by atoms with van der Waals surface area (Å²) in [5, 5.41) is 10.1. The molecule has 0 aliphatic carbocycles. The van der Waals surface area contributed by atoms with Crippen LogP contribution in [0, 0.1) is 11.8 Å². The van der Waals surface area contributed by atoms with Crippen LogP contribution < -0.4 is 0 Å². The van der Waals surface area contributed by atoms with Crippen LogP contribution in [-0.4, -0.2) is 6.61 Å². The highest BCUT2D eigenvalue weighted by atomic mass is 16.2. The Balaban J connectivity index is 2.91. The van der Waals surface area contributed by atoms with Crippen molar-refractivity contribution in [2.75, 3.05) is 6.61 Å². The molecular weight excluding hydrogens is 160 g/mol. The van der Waals surface area contributed by atoms with Gasteiger partial charge in [0.05, 0.1) is 6.61 Å². The zero-order chi connectivity index (χ0) is 9.78. The van der Waals surface area contributed by atoms with Crippen molar-refractivity contribution in [2.24, 2.45) is 0 Å². The molecule has 0 rings (SSSR count). The molecule has 0 saturated carbocycles. The second-order valence-corrected chi connectivity index (χ2v) is 3.28. The smallest absolute Gasteiger partial charge is 0.0822 e. The molecule has 0 aromatic rings. The van der Waals surface area contributed by atoms with Crippen molar-refractivity contribution in [3.63, 3.8) is 0 Å². The number of hydrogen-bond acceptors (Lipinski definition) is 0. The molecule has 0 heterocycles. The summed E-state index contributed by atoms with van der Waals surface area (Å²) in [6.45, 7) is 2.18. The Hall–Kier alpha value is -0.480. The van der Waals surface area contributed by atoms with Crippen molar-refractivity contribution in [3.8, 4) is 11.8 Å². The van der Waals surface area contributed by atoms with Crippen molar-refractivity contribution >= 4 is 0 Å². The Morgan fingerprint density at radius 2 is 1.46 bits per heavy atom. The van der Waals surface area contributed by atoms with E-state index in [-0.39, 0.29) is 6.61 Å². The molecule has 0 amide bonds. The largest absolute Gasteiger partial charge is 0.237 e. The summed E-state index contributed by atoms with van der Waals surface area (Å²) in [6.07, 6.45) is 9.00. The minimum atomic E-state index is 0.0992. The third-order valence-electron chi connectivity index (χ3n) is 2.00. The number of rotatable bonds is 7. The van der Waals surface area contributed by atoms with Crippen molar-refractivity contribution in [2.45, 2.75) is 58.3 Å². The normalized spacial score (nSPS) is 9.38. The van der Waals surface area contributed by atoms with Crippen LogP contribution >= 0.6 is 0 Å². The van der Waals surface area contributed by atoms with Gasteiger partial charge in [0.25, 0.3) is 0 Å². The summed E-state index contributed by atoms with van der Waals surface area (Å²) in [4.78, 5) is 0. The molecule has 0 aliphatic rings. The van der Waals surface area contributed by atoms with Crippen LogP contribution in [0.5, 0.6) is 0 Å². The summed E-state index contributed by atoms with van der Waals surface area (Å²) < 4.78 is 0. The van der Waals surface area contributed by atoms with E-state index >= 15 is 0 Å². The van der Waals surface area contributed by atoms with E-state index in [0.29, 0.717) is 0 Å². The lowest BCUT2D eigenvalue weighted by molar-refractivity contribution is 0.186. The van der Waals surface area contributed by atoms with E-state index in [4.69, 9.17) is 0 Å². The molecule has 0 aromatic carbocycles. The molecular formula is C12H21O. The topological polar surface area (TPSA) is 19.9 Å². The molecule has 0 saturated heterocycles. The highest BCUT2D eigenvalue weighted by molar-refractivity contribution is 4.97. The Kier molecular flexibility index (Phi) is 11.1. The third kappa shape index (κ3) is 11.5. The highest BCUT2D eigenvalue weighted by Crippen LogP contribution is 2.06. The summed E-state index contributed by atoms with van der Waals surface area (Å²) in [7, 11) is 0. The number of hydrogen-bond donors (Lipinski definition) is 0. The van der Waals surface area contributed by atoms with Crippen LogP contribution in [0.25, 0.3) is 0 Å². The molecule has 1 nitrogen and oxygen atoms in total. The standard InChI is InChI=1S/C12H21O/c1-2-3-4-5-6-7-8-9-10-11-12-13/h2,5-12H2,1H3. The lowest BCUT2D eigenvalue weighted by atomic mass is 10.1. The molecule has 0 aromatic heterocycles. The molecule has 13 heavy (non-hydrogen) atoms. The van der Waals surface area contributed by atoms with Crippen LogP contribution in [0.1, 0.15) is 58.3 Å². The maximum atomic E-state index is 10.1. The van der Waals surface area contributed by atoms with Crippen molar-refractivity contribution in [3.05, 3.63) is 0 Å². The molecule has 75 valence electrons. The van der Waals surface area contributed by atoms with Gasteiger partial charge in [-0.1, -0.05) is 32.6 Å². The molecule has 0 N–H and O–H groups in total. The first-order valence-corrected chi connectivity index (χ1v) is 5.45. The predicted molar refractivity (Wildman–Crippen MR) is 55.9 cm³/mol. The molecule has 0 atom stereocenters. The van der Waals surface area contributed by atoms with Crippen LogP contribution in [0.2, 0.25) is 0 Å². The van der Waals surface area contributed by atoms with Crippen molar-refractivity contribution in [1.29, 1.82) is 0 Å². The van der Waals surface area contributed by atoms with Crippen LogP contribution in [0.15, 0.2) is 0 Å². The first-order chi connectivity index (χ1) is 6.41. The van der Waals surface area contributed by atoms with E-state index in [1.54, 1.807) is 0 Å². The second-order valence-electron chi connectivity index (χ2n) is 3.28.